The Balaban J connectivity index is 1.66. The SMILES string of the molecule is CCC(=C(c1ccc(OCCN(C)C)cc1)c1ccc(OC(=O)c2c(C)cc(C)cc2C)cc1)c1ccccc1. The van der Waals surface area contributed by atoms with Gasteiger partial charge in [-0.15, -0.1) is 0 Å². The fourth-order valence-electron chi connectivity index (χ4n) is 5.09. The summed E-state index contributed by atoms with van der Waals surface area (Å²) in [5.74, 6) is 1.04. The second-order valence-electron chi connectivity index (χ2n) is 10.4. The molecule has 0 unspecified atom stereocenters. The van der Waals surface area contributed by atoms with Crippen molar-refractivity contribution in [2.45, 2.75) is 34.1 Å². The van der Waals surface area contributed by atoms with Crippen LogP contribution in [0.2, 0.25) is 0 Å². The topological polar surface area (TPSA) is 38.8 Å². The Morgan fingerprint density at radius 2 is 1.27 bits per heavy atom. The van der Waals surface area contributed by atoms with Gasteiger partial charge in [-0.05, 0) is 105 Å². The van der Waals surface area contributed by atoms with E-state index in [-0.39, 0.29) is 5.97 Å². The van der Waals surface area contributed by atoms with E-state index in [1.54, 1.807) is 0 Å². The van der Waals surface area contributed by atoms with Crippen LogP contribution in [0.1, 0.15) is 57.1 Å². The van der Waals surface area contributed by atoms with Gasteiger partial charge in [0.25, 0.3) is 0 Å². The first kappa shape index (κ1) is 28.8. The number of esters is 1. The molecular formula is C36H39NO3. The molecule has 0 bridgehead atoms. The van der Waals surface area contributed by atoms with Gasteiger partial charge >= 0.3 is 5.97 Å². The van der Waals surface area contributed by atoms with E-state index in [4.69, 9.17) is 9.47 Å². The lowest BCUT2D eigenvalue weighted by Gasteiger charge is -2.17. The molecule has 0 aliphatic rings. The Kier molecular flexibility index (Phi) is 9.57. The van der Waals surface area contributed by atoms with Crippen molar-refractivity contribution < 1.29 is 14.3 Å². The summed E-state index contributed by atoms with van der Waals surface area (Å²) < 4.78 is 11.7. The predicted molar refractivity (Wildman–Crippen MR) is 165 cm³/mol. The highest BCUT2D eigenvalue weighted by atomic mass is 16.5. The normalized spacial score (nSPS) is 11.8. The van der Waals surface area contributed by atoms with Gasteiger partial charge in [0.1, 0.15) is 18.1 Å². The molecule has 0 amide bonds. The monoisotopic (exact) mass is 533 g/mol. The van der Waals surface area contributed by atoms with E-state index in [1.807, 2.05) is 89.5 Å². The lowest BCUT2D eigenvalue weighted by Crippen LogP contribution is -2.19. The molecule has 0 fully saturated rings. The maximum absolute atomic E-state index is 13.0. The smallest absolute Gasteiger partial charge is 0.344 e. The zero-order valence-corrected chi connectivity index (χ0v) is 24.5. The van der Waals surface area contributed by atoms with E-state index in [2.05, 4.69) is 48.2 Å². The maximum atomic E-state index is 13.0. The molecule has 4 heteroatoms. The summed E-state index contributed by atoms with van der Waals surface area (Å²) >= 11 is 0. The average molecular weight is 534 g/mol. The van der Waals surface area contributed by atoms with Crippen LogP contribution in [0, 0.1) is 20.8 Å². The third-order valence-corrected chi connectivity index (χ3v) is 6.96. The van der Waals surface area contributed by atoms with Crippen molar-refractivity contribution >= 4 is 17.1 Å². The number of hydrogen-bond donors (Lipinski definition) is 0. The Bertz CT molecular complexity index is 1440. The highest BCUT2D eigenvalue weighted by Crippen LogP contribution is 2.36. The van der Waals surface area contributed by atoms with Crippen LogP contribution < -0.4 is 9.47 Å². The highest BCUT2D eigenvalue weighted by molar-refractivity contribution is 5.99. The van der Waals surface area contributed by atoms with Crippen LogP contribution in [0.25, 0.3) is 11.1 Å². The van der Waals surface area contributed by atoms with E-state index >= 15 is 0 Å². The van der Waals surface area contributed by atoms with Crippen molar-refractivity contribution in [3.8, 4) is 11.5 Å². The average Bonchev–Trinajstić information content (AvgIpc) is 2.92. The molecule has 4 aromatic carbocycles. The predicted octanol–water partition coefficient (Wildman–Crippen LogP) is 8.14. The summed E-state index contributed by atoms with van der Waals surface area (Å²) in [5.41, 5.74) is 9.36. The number of nitrogens with zero attached hydrogens (tertiary/aromatic N) is 1. The Morgan fingerprint density at radius 3 is 1.80 bits per heavy atom. The van der Waals surface area contributed by atoms with Gasteiger partial charge in [0.2, 0.25) is 0 Å². The second kappa shape index (κ2) is 13.3. The Labute approximate surface area is 238 Å². The minimum Gasteiger partial charge on any atom is -0.492 e. The van der Waals surface area contributed by atoms with E-state index < -0.39 is 0 Å². The summed E-state index contributed by atoms with van der Waals surface area (Å²) in [6.45, 7) is 9.62. The van der Waals surface area contributed by atoms with Gasteiger partial charge < -0.3 is 14.4 Å². The van der Waals surface area contributed by atoms with E-state index in [1.165, 1.54) is 11.1 Å². The summed E-state index contributed by atoms with van der Waals surface area (Å²) in [4.78, 5) is 15.1. The number of likely N-dealkylation sites (N-methyl/N-ethyl adjacent to an activating group) is 1. The molecule has 0 radical (unpaired) electrons. The van der Waals surface area contributed by atoms with Crippen LogP contribution in [0.3, 0.4) is 0 Å². The first-order valence-corrected chi connectivity index (χ1v) is 13.8. The van der Waals surface area contributed by atoms with Crippen molar-refractivity contribution in [1.29, 1.82) is 0 Å². The van der Waals surface area contributed by atoms with E-state index in [0.29, 0.717) is 17.9 Å². The molecule has 0 saturated carbocycles. The number of carbonyl (C=O) groups is 1. The number of aryl methyl sites for hydroxylation is 3. The van der Waals surface area contributed by atoms with Gasteiger partial charge in [-0.3, -0.25) is 0 Å². The zero-order chi connectivity index (χ0) is 28.6. The van der Waals surface area contributed by atoms with Crippen LogP contribution >= 0.6 is 0 Å². The largest absolute Gasteiger partial charge is 0.492 e. The summed E-state index contributed by atoms with van der Waals surface area (Å²) in [7, 11) is 4.08. The third-order valence-electron chi connectivity index (χ3n) is 6.96. The van der Waals surface area contributed by atoms with Gasteiger partial charge in [0, 0.05) is 6.54 Å². The molecule has 40 heavy (non-hydrogen) atoms. The minimum atomic E-state index is -0.332. The van der Waals surface area contributed by atoms with Crippen LogP contribution in [-0.2, 0) is 0 Å². The summed E-state index contributed by atoms with van der Waals surface area (Å²) in [6.07, 6.45) is 0.864. The standard InChI is InChI=1S/C36H39NO3/c1-7-33(28-11-9-8-10-12-28)35(29-13-17-31(18-14-29)39-22-21-37(5)6)30-15-19-32(20-16-30)40-36(38)34-26(3)23-25(2)24-27(34)4/h8-20,23-24H,7,21-22H2,1-6H3. The molecule has 0 atom stereocenters. The molecule has 0 saturated heterocycles. The molecule has 0 N–H and O–H groups in total. The lowest BCUT2D eigenvalue weighted by atomic mass is 9.88. The molecule has 4 nitrogen and oxygen atoms in total. The van der Waals surface area contributed by atoms with Gasteiger partial charge in [-0.1, -0.05) is 79.2 Å². The van der Waals surface area contributed by atoms with Crippen LogP contribution in [0.15, 0.2) is 91.0 Å². The molecule has 0 spiro atoms. The fourth-order valence-corrected chi connectivity index (χ4v) is 5.09. The summed E-state index contributed by atoms with van der Waals surface area (Å²) in [5, 5.41) is 0. The number of ether oxygens (including phenoxy) is 2. The number of hydrogen-bond acceptors (Lipinski definition) is 4. The van der Waals surface area contributed by atoms with Crippen LogP contribution in [0.4, 0.5) is 0 Å². The molecule has 0 heterocycles. The number of benzene rings is 4. The Morgan fingerprint density at radius 1 is 0.725 bits per heavy atom. The minimum absolute atomic E-state index is 0.332. The van der Waals surface area contributed by atoms with Crippen LogP contribution in [-0.4, -0.2) is 38.1 Å². The molecule has 0 aliphatic heterocycles. The fraction of sp³-hybridized carbons (Fsp3) is 0.250. The molecule has 0 aliphatic carbocycles. The van der Waals surface area contributed by atoms with Gasteiger partial charge in [0.15, 0.2) is 0 Å². The van der Waals surface area contributed by atoms with Gasteiger partial charge in [-0.25, -0.2) is 4.79 Å². The van der Waals surface area contributed by atoms with Crippen LogP contribution in [0.5, 0.6) is 11.5 Å². The van der Waals surface area contributed by atoms with E-state index in [0.717, 1.165) is 52.1 Å². The molecule has 206 valence electrons. The molecule has 4 aromatic rings. The van der Waals surface area contributed by atoms with Crippen molar-refractivity contribution in [2.24, 2.45) is 0 Å². The zero-order valence-electron chi connectivity index (χ0n) is 24.5. The van der Waals surface area contributed by atoms with Crippen molar-refractivity contribution in [3.05, 3.63) is 130 Å². The first-order valence-electron chi connectivity index (χ1n) is 13.8. The Hall–Kier alpha value is -4.15. The lowest BCUT2D eigenvalue weighted by molar-refractivity contribution is 0.0733. The first-order chi connectivity index (χ1) is 19.3. The maximum Gasteiger partial charge on any atom is 0.344 e. The third kappa shape index (κ3) is 7.08. The highest BCUT2D eigenvalue weighted by Gasteiger charge is 2.17. The second-order valence-corrected chi connectivity index (χ2v) is 10.4. The van der Waals surface area contributed by atoms with Gasteiger partial charge in [0.05, 0.1) is 5.56 Å². The quantitative estimate of drug-likeness (QED) is 0.117. The number of allylic oxidation sites excluding steroid dienone is 1. The van der Waals surface area contributed by atoms with Gasteiger partial charge in [-0.2, -0.15) is 0 Å². The van der Waals surface area contributed by atoms with Crippen molar-refractivity contribution in [2.75, 3.05) is 27.2 Å². The number of carbonyl (C=O) groups excluding carboxylic acids is 1. The number of rotatable bonds is 10. The molecular weight excluding hydrogens is 494 g/mol. The van der Waals surface area contributed by atoms with E-state index in [9.17, 15) is 4.79 Å². The molecule has 0 aromatic heterocycles. The summed E-state index contributed by atoms with van der Waals surface area (Å²) in [6, 6.07) is 30.6. The van der Waals surface area contributed by atoms with Crippen molar-refractivity contribution in [3.63, 3.8) is 0 Å². The molecule has 4 rings (SSSR count). The van der Waals surface area contributed by atoms with Crippen molar-refractivity contribution in [1.82, 2.24) is 4.90 Å².